The molecule has 2 heterocycles. The van der Waals surface area contributed by atoms with Gasteiger partial charge in [0, 0.05) is 6.54 Å². The number of anilines is 2. The molecule has 2 aromatic rings. The van der Waals surface area contributed by atoms with E-state index in [4.69, 9.17) is 10.5 Å². The van der Waals surface area contributed by atoms with Gasteiger partial charge in [-0.25, -0.2) is 4.98 Å². The van der Waals surface area contributed by atoms with Crippen LogP contribution in [0.1, 0.15) is 22.5 Å². The van der Waals surface area contributed by atoms with Crippen molar-refractivity contribution in [3.8, 4) is 5.75 Å². The van der Waals surface area contributed by atoms with E-state index in [9.17, 15) is 4.79 Å². The largest absolute Gasteiger partial charge is 0.495 e. The van der Waals surface area contributed by atoms with Crippen molar-refractivity contribution >= 4 is 17.3 Å². The lowest BCUT2D eigenvalue weighted by molar-refractivity contribution is 0.0979. The van der Waals surface area contributed by atoms with Gasteiger partial charge in [-0.3, -0.25) is 4.79 Å². The van der Waals surface area contributed by atoms with Gasteiger partial charge in [0.25, 0.3) is 5.91 Å². The second-order valence-electron chi connectivity index (χ2n) is 5.01. The molecule has 0 atom stereocenters. The van der Waals surface area contributed by atoms with Crippen LogP contribution in [0.3, 0.4) is 0 Å². The predicted molar refractivity (Wildman–Crippen MR) is 81.6 cm³/mol. The molecule has 5 nitrogen and oxygen atoms in total. The van der Waals surface area contributed by atoms with E-state index in [0.29, 0.717) is 17.9 Å². The van der Waals surface area contributed by atoms with Crippen molar-refractivity contribution in [1.29, 1.82) is 0 Å². The topological polar surface area (TPSA) is 68.5 Å². The highest BCUT2D eigenvalue weighted by molar-refractivity contribution is 6.06. The van der Waals surface area contributed by atoms with E-state index in [2.05, 4.69) is 4.98 Å². The Labute approximate surface area is 123 Å². The summed E-state index contributed by atoms with van der Waals surface area (Å²) in [6.07, 6.45) is 3.38. The molecule has 1 aliphatic rings. The van der Waals surface area contributed by atoms with Gasteiger partial charge in [0.05, 0.1) is 24.7 Å². The molecular formula is C16H17N3O2. The number of hydrogen-bond acceptors (Lipinski definition) is 4. The minimum Gasteiger partial charge on any atom is -0.495 e. The zero-order valence-corrected chi connectivity index (χ0v) is 11.9. The number of methoxy groups -OCH3 is 1. The normalized spacial score (nSPS) is 13.7. The first-order valence-corrected chi connectivity index (χ1v) is 6.90. The van der Waals surface area contributed by atoms with Crippen LogP contribution in [0.4, 0.5) is 11.4 Å². The van der Waals surface area contributed by atoms with Crippen LogP contribution < -0.4 is 15.4 Å². The molecule has 0 spiro atoms. The van der Waals surface area contributed by atoms with Crippen LogP contribution in [0.25, 0.3) is 0 Å². The molecule has 1 aromatic carbocycles. The Morgan fingerprint density at radius 1 is 1.33 bits per heavy atom. The van der Waals surface area contributed by atoms with E-state index < -0.39 is 0 Å². The number of pyridine rings is 1. The molecule has 1 amide bonds. The SMILES string of the molecule is COc1cccc2c1N(C(=O)c1ccc(N)cn1)CCC2. The van der Waals surface area contributed by atoms with Gasteiger partial charge in [-0.2, -0.15) is 0 Å². The van der Waals surface area contributed by atoms with Crippen LogP contribution in [0, 0.1) is 0 Å². The molecule has 0 fully saturated rings. The van der Waals surface area contributed by atoms with Crippen molar-refractivity contribution in [3.05, 3.63) is 47.8 Å². The maximum Gasteiger partial charge on any atom is 0.276 e. The standard InChI is InChI=1S/C16H17N3O2/c1-21-14-6-2-4-11-5-3-9-19(15(11)14)16(20)13-8-7-12(17)10-18-13/h2,4,6-8,10H,3,5,9,17H2,1H3. The fourth-order valence-electron chi connectivity index (χ4n) is 2.65. The smallest absolute Gasteiger partial charge is 0.276 e. The quantitative estimate of drug-likeness (QED) is 0.918. The van der Waals surface area contributed by atoms with Gasteiger partial charge in [0.2, 0.25) is 0 Å². The lowest BCUT2D eigenvalue weighted by atomic mass is 10.0. The number of benzene rings is 1. The van der Waals surface area contributed by atoms with Gasteiger partial charge in [-0.05, 0) is 36.6 Å². The van der Waals surface area contributed by atoms with Gasteiger partial charge in [-0.15, -0.1) is 0 Å². The van der Waals surface area contributed by atoms with E-state index in [-0.39, 0.29) is 5.91 Å². The molecular weight excluding hydrogens is 266 g/mol. The molecule has 108 valence electrons. The number of fused-ring (bicyclic) bond motifs is 1. The summed E-state index contributed by atoms with van der Waals surface area (Å²) in [7, 11) is 1.62. The van der Waals surface area contributed by atoms with Crippen molar-refractivity contribution in [1.82, 2.24) is 4.98 Å². The average Bonchev–Trinajstić information content (AvgIpc) is 2.53. The number of amides is 1. The lowest BCUT2D eigenvalue weighted by Crippen LogP contribution is -2.36. The van der Waals surface area contributed by atoms with Crippen LogP contribution in [-0.4, -0.2) is 24.5 Å². The minimum absolute atomic E-state index is 0.125. The van der Waals surface area contributed by atoms with Gasteiger partial charge >= 0.3 is 0 Å². The van der Waals surface area contributed by atoms with E-state index in [1.165, 1.54) is 6.20 Å². The van der Waals surface area contributed by atoms with Crippen molar-refractivity contribution in [2.45, 2.75) is 12.8 Å². The number of carbonyl (C=O) groups excluding carboxylic acids is 1. The number of nitrogens with zero attached hydrogens (tertiary/aromatic N) is 2. The Bertz CT molecular complexity index is 653. The predicted octanol–water partition coefficient (Wildman–Crippen LogP) is 2.27. The summed E-state index contributed by atoms with van der Waals surface area (Å²) >= 11 is 0. The number of rotatable bonds is 2. The Morgan fingerprint density at radius 3 is 2.90 bits per heavy atom. The monoisotopic (exact) mass is 283 g/mol. The average molecular weight is 283 g/mol. The molecule has 0 saturated heterocycles. The lowest BCUT2D eigenvalue weighted by Gasteiger charge is -2.30. The summed E-state index contributed by atoms with van der Waals surface area (Å²) in [5.74, 6) is 0.594. The fraction of sp³-hybridized carbons (Fsp3) is 0.250. The minimum atomic E-state index is -0.125. The van der Waals surface area contributed by atoms with Crippen molar-refractivity contribution in [2.24, 2.45) is 0 Å². The van der Waals surface area contributed by atoms with Crippen LogP contribution in [0.15, 0.2) is 36.5 Å². The Balaban J connectivity index is 2.01. The first-order chi connectivity index (χ1) is 10.2. The molecule has 3 rings (SSSR count). The van der Waals surface area contributed by atoms with Crippen LogP contribution >= 0.6 is 0 Å². The molecule has 1 aliphatic heterocycles. The highest BCUT2D eigenvalue weighted by Gasteiger charge is 2.27. The number of para-hydroxylation sites is 1. The molecule has 5 heteroatoms. The summed E-state index contributed by atoms with van der Waals surface area (Å²) in [6.45, 7) is 0.665. The zero-order chi connectivity index (χ0) is 14.8. The van der Waals surface area contributed by atoms with E-state index in [0.717, 1.165) is 29.8 Å². The second kappa shape index (κ2) is 5.44. The summed E-state index contributed by atoms with van der Waals surface area (Å²) in [5.41, 5.74) is 8.54. The van der Waals surface area contributed by atoms with E-state index >= 15 is 0 Å². The molecule has 0 saturated carbocycles. The third kappa shape index (κ3) is 2.42. The Kier molecular flexibility index (Phi) is 3.48. The maximum absolute atomic E-state index is 12.7. The third-order valence-corrected chi connectivity index (χ3v) is 3.65. The number of nitrogen functional groups attached to an aromatic ring is 1. The summed E-state index contributed by atoms with van der Waals surface area (Å²) < 4.78 is 5.41. The number of aromatic nitrogens is 1. The molecule has 21 heavy (non-hydrogen) atoms. The summed E-state index contributed by atoms with van der Waals surface area (Å²) in [4.78, 5) is 18.6. The van der Waals surface area contributed by atoms with Crippen LogP contribution in [0.2, 0.25) is 0 Å². The van der Waals surface area contributed by atoms with Gasteiger partial charge < -0.3 is 15.4 Å². The second-order valence-corrected chi connectivity index (χ2v) is 5.01. The number of nitrogens with two attached hydrogens (primary N) is 1. The Hall–Kier alpha value is -2.56. The van der Waals surface area contributed by atoms with Gasteiger partial charge in [0.15, 0.2) is 0 Å². The number of hydrogen-bond donors (Lipinski definition) is 1. The maximum atomic E-state index is 12.7. The molecule has 0 radical (unpaired) electrons. The Morgan fingerprint density at radius 2 is 2.19 bits per heavy atom. The van der Waals surface area contributed by atoms with Crippen molar-refractivity contribution < 1.29 is 9.53 Å². The molecule has 2 N–H and O–H groups in total. The first-order valence-electron chi connectivity index (χ1n) is 6.90. The first kappa shape index (κ1) is 13.4. The summed E-state index contributed by atoms with van der Waals surface area (Å²) in [6, 6.07) is 9.20. The number of carbonyl (C=O) groups is 1. The molecule has 0 bridgehead atoms. The zero-order valence-electron chi connectivity index (χ0n) is 11.9. The third-order valence-electron chi connectivity index (χ3n) is 3.65. The molecule has 1 aromatic heterocycles. The molecule has 0 aliphatic carbocycles. The van der Waals surface area contributed by atoms with E-state index in [1.54, 1.807) is 24.1 Å². The van der Waals surface area contributed by atoms with E-state index in [1.807, 2.05) is 18.2 Å². The number of aryl methyl sites for hydroxylation is 1. The van der Waals surface area contributed by atoms with Crippen molar-refractivity contribution in [3.63, 3.8) is 0 Å². The highest BCUT2D eigenvalue weighted by Crippen LogP contribution is 2.36. The van der Waals surface area contributed by atoms with Crippen molar-refractivity contribution in [2.75, 3.05) is 24.3 Å². The fourth-order valence-corrected chi connectivity index (χ4v) is 2.65. The van der Waals surface area contributed by atoms with Gasteiger partial charge in [0.1, 0.15) is 11.4 Å². The van der Waals surface area contributed by atoms with Gasteiger partial charge in [-0.1, -0.05) is 12.1 Å². The summed E-state index contributed by atoms with van der Waals surface area (Å²) in [5, 5.41) is 0. The number of ether oxygens (including phenoxy) is 1. The highest BCUT2D eigenvalue weighted by atomic mass is 16.5. The van der Waals surface area contributed by atoms with Crippen LogP contribution in [0.5, 0.6) is 5.75 Å². The molecule has 0 unspecified atom stereocenters. The van der Waals surface area contributed by atoms with Crippen LogP contribution in [-0.2, 0) is 6.42 Å².